The molecule has 0 fully saturated rings. The van der Waals surface area contributed by atoms with Crippen molar-refractivity contribution in [2.45, 2.75) is 329 Å². The Morgan fingerprint density at radius 1 is 0.269 bits per heavy atom. The SMILES string of the molecule is CC/C=C\C/C=C\C/C=C\C/C=C\C/C=C\C/C=C\C/C=C\C/C=C\CCCCCCC(=O)OCC(COC(=O)CCCCCCCCCCCC)OC(=O)CCCCCCCCCCCCCCCCCCCCCCC. The largest absolute Gasteiger partial charge is 0.462 e. The molecule has 0 aliphatic carbocycles. The lowest BCUT2D eigenvalue weighted by atomic mass is 10.0. The maximum Gasteiger partial charge on any atom is 0.306 e. The van der Waals surface area contributed by atoms with Crippen LogP contribution in [0.15, 0.2) is 97.2 Å². The zero-order valence-electron chi connectivity index (χ0n) is 51.4. The quantitative estimate of drug-likeness (QED) is 0.0261. The summed E-state index contributed by atoms with van der Waals surface area (Å²) in [4.78, 5) is 38.3. The molecule has 0 aromatic rings. The van der Waals surface area contributed by atoms with Gasteiger partial charge in [-0.25, -0.2) is 0 Å². The van der Waals surface area contributed by atoms with Crippen molar-refractivity contribution in [1.82, 2.24) is 0 Å². The Labute approximate surface area is 483 Å². The second-order valence-electron chi connectivity index (χ2n) is 22.0. The third-order valence-corrected chi connectivity index (χ3v) is 14.4. The Balaban J connectivity index is 4.29. The highest BCUT2D eigenvalue weighted by Gasteiger charge is 2.19. The van der Waals surface area contributed by atoms with Gasteiger partial charge in [0.1, 0.15) is 13.2 Å². The number of ether oxygens (including phenoxy) is 3. The molecule has 78 heavy (non-hydrogen) atoms. The van der Waals surface area contributed by atoms with E-state index in [2.05, 4.69) is 118 Å². The molecule has 0 saturated carbocycles. The van der Waals surface area contributed by atoms with Crippen molar-refractivity contribution in [2.75, 3.05) is 13.2 Å². The van der Waals surface area contributed by atoms with E-state index in [-0.39, 0.29) is 31.1 Å². The maximum absolute atomic E-state index is 12.9. The predicted molar refractivity (Wildman–Crippen MR) is 339 cm³/mol. The molecule has 0 aromatic heterocycles. The average molecular weight is 1090 g/mol. The Kier molecular flexibility index (Phi) is 62.7. The first-order chi connectivity index (χ1) is 38.5. The highest BCUT2D eigenvalue weighted by atomic mass is 16.6. The van der Waals surface area contributed by atoms with Crippen LogP contribution >= 0.6 is 0 Å². The molecule has 0 amide bonds. The molecule has 0 heterocycles. The van der Waals surface area contributed by atoms with Crippen LogP contribution in [0, 0.1) is 0 Å². The Morgan fingerprint density at radius 3 is 0.782 bits per heavy atom. The van der Waals surface area contributed by atoms with Crippen LogP contribution < -0.4 is 0 Å². The van der Waals surface area contributed by atoms with E-state index < -0.39 is 6.10 Å². The lowest BCUT2D eigenvalue weighted by Gasteiger charge is -2.18. The van der Waals surface area contributed by atoms with E-state index in [4.69, 9.17) is 14.2 Å². The molecule has 0 saturated heterocycles. The Hall–Kier alpha value is -3.67. The Bertz CT molecular complexity index is 1530. The number of esters is 3. The smallest absolute Gasteiger partial charge is 0.306 e. The van der Waals surface area contributed by atoms with Gasteiger partial charge in [-0.05, 0) is 83.5 Å². The molecular weight excluding hydrogens is 961 g/mol. The Morgan fingerprint density at radius 2 is 0.500 bits per heavy atom. The van der Waals surface area contributed by atoms with E-state index in [9.17, 15) is 14.4 Å². The molecule has 0 radical (unpaired) electrons. The van der Waals surface area contributed by atoms with Crippen molar-refractivity contribution in [3.8, 4) is 0 Å². The van der Waals surface area contributed by atoms with Gasteiger partial charge in [-0.3, -0.25) is 14.4 Å². The normalized spacial score (nSPS) is 12.7. The first-order valence-corrected chi connectivity index (χ1v) is 33.2. The predicted octanol–water partition coefficient (Wildman–Crippen LogP) is 22.8. The van der Waals surface area contributed by atoms with Gasteiger partial charge in [0, 0.05) is 19.3 Å². The fourth-order valence-electron chi connectivity index (χ4n) is 9.40. The van der Waals surface area contributed by atoms with Gasteiger partial charge in [-0.15, -0.1) is 0 Å². The van der Waals surface area contributed by atoms with E-state index in [1.807, 2.05) is 0 Å². The molecule has 0 spiro atoms. The molecule has 448 valence electrons. The lowest BCUT2D eigenvalue weighted by molar-refractivity contribution is -0.167. The standard InChI is InChI=1S/C72H124O6/c1-4-7-10-13-16-19-22-24-26-28-30-32-33-34-35-36-37-38-39-41-42-44-46-48-50-53-56-59-62-65-71(74)77-68-69(67-76-70(73)64-61-58-55-52-21-18-15-12-9-6-3)78-72(75)66-63-60-57-54-51-49-47-45-43-40-31-29-27-25-23-20-17-14-11-8-5-2/h7,10,16,19,24,26,30,32,34-35,37-38,41-42,46,48,69H,4-6,8-9,11-15,17-18,20-23,25,27-29,31,33,36,39-40,43-45,47,49-68H2,1-3H3/b10-7-,19-16-,26-24-,32-30-,35-34-,38-37-,42-41-,48-46-. The van der Waals surface area contributed by atoms with E-state index in [0.717, 1.165) is 122 Å². The van der Waals surface area contributed by atoms with E-state index in [1.165, 1.54) is 161 Å². The summed E-state index contributed by atoms with van der Waals surface area (Å²) >= 11 is 0. The summed E-state index contributed by atoms with van der Waals surface area (Å²) in [6, 6.07) is 0. The van der Waals surface area contributed by atoms with Gasteiger partial charge in [0.15, 0.2) is 6.10 Å². The number of allylic oxidation sites excluding steroid dienone is 16. The molecule has 0 aliphatic heterocycles. The monoisotopic (exact) mass is 1080 g/mol. The van der Waals surface area contributed by atoms with Crippen molar-refractivity contribution < 1.29 is 28.6 Å². The fraction of sp³-hybridized carbons (Fsp3) is 0.736. The summed E-state index contributed by atoms with van der Waals surface area (Å²) in [6.45, 7) is 6.53. The minimum absolute atomic E-state index is 0.0816. The van der Waals surface area contributed by atoms with Crippen molar-refractivity contribution in [2.24, 2.45) is 0 Å². The van der Waals surface area contributed by atoms with Crippen LogP contribution in [-0.4, -0.2) is 37.2 Å². The van der Waals surface area contributed by atoms with E-state index in [0.29, 0.717) is 19.3 Å². The number of hydrogen-bond acceptors (Lipinski definition) is 6. The van der Waals surface area contributed by atoms with Gasteiger partial charge >= 0.3 is 17.9 Å². The van der Waals surface area contributed by atoms with Crippen LogP contribution in [0.1, 0.15) is 323 Å². The summed E-state index contributed by atoms with van der Waals surface area (Å²) in [6.07, 6.45) is 88.5. The van der Waals surface area contributed by atoms with Gasteiger partial charge in [0.25, 0.3) is 0 Å². The first kappa shape index (κ1) is 74.3. The molecule has 0 N–H and O–H groups in total. The summed E-state index contributed by atoms with van der Waals surface area (Å²) in [7, 11) is 0. The summed E-state index contributed by atoms with van der Waals surface area (Å²) in [5, 5.41) is 0. The summed E-state index contributed by atoms with van der Waals surface area (Å²) in [5.41, 5.74) is 0. The molecule has 0 rings (SSSR count). The maximum atomic E-state index is 12.9. The van der Waals surface area contributed by atoms with Crippen LogP contribution in [-0.2, 0) is 28.6 Å². The van der Waals surface area contributed by atoms with Crippen LogP contribution in [0.3, 0.4) is 0 Å². The minimum Gasteiger partial charge on any atom is -0.462 e. The molecular formula is C72H124O6. The van der Waals surface area contributed by atoms with Crippen molar-refractivity contribution in [1.29, 1.82) is 0 Å². The molecule has 1 unspecified atom stereocenters. The third kappa shape index (κ3) is 63.2. The topological polar surface area (TPSA) is 78.9 Å². The van der Waals surface area contributed by atoms with Crippen LogP contribution in [0.2, 0.25) is 0 Å². The fourth-order valence-corrected chi connectivity index (χ4v) is 9.40. The minimum atomic E-state index is -0.786. The second kappa shape index (κ2) is 65.8. The third-order valence-electron chi connectivity index (χ3n) is 14.4. The van der Waals surface area contributed by atoms with Crippen molar-refractivity contribution in [3.05, 3.63) is 97.2 Å². The molecule has 0 aliphatic rings. The number of carbonyl (C=O) groups is 3. The van der Waals surface area contributed by atoms with Gasteiger partial charge in [-0.2, -0.15) is 0 Å². The number of rotatable bonds is 60. The molecule has 1 atom stereocenters. The molecule has 6 nitrogen and oxygen atoms in total. The van der Waals surface area contributed by atoms with Crippen molar-refractivity contribution in [3.63, 3.8) is 0 Å². The zero-order chi connectivity index (χ0) is 56.4. The van der Waals surface area contributed by atoms with Gasteiger partial charge in [0.2, 0.25) is 0 Å². The number of unbranched alkanes of at least 4 members (excludes halogenated alkanes) is 33. The van der Waals surface area contributed by atoms with Crippen LogP contribution in [0.5, 0.6) is 0 Å². The highest BCUT2D eigenvalue weighted by Crippen LogP contribution is 2.17. The zero-order valence-corrected chi connectivity index (χ0v) is 51.4. The lowest BCUT2D eigenvalue weighted by Crippen LogP contribution is -2.30. The van der Waals surface area contributed by atoms with Gasteiger partial charge < -0.3 is 14.2 Å². The van der Waals surface area contributed by atoms with Crippen LogP contribution in [0.25, 0.3) is 0 Å². The molecule has 0 aromatic carbocycles. The first-order valence-electron chi connectivity index (χ1n) is 33.2. The molecule has 6 heteroatoms. The summed E-state index contributed by atoms with van der Waals surface area (Å²) in [5.74, 6) is -0.896. The van der Waals surface area contributed by atoms with Gasteiger partial charge in [-0.1, -0.05) is 317 Å². The summed E-state index contributed by atoms with van der Waals surface area (Å²) < 4.78 is 16.9. The highest BCUT2D eigenvalue weighted by molar-refractivity contribution is 5.71. The number of carbonyl (C=O) groups excluding carboxylic acids is 3. The average Bonchev–Trinajstić information content (AvgIpc) is 3.44. The van der Waals surface area contributed by atoms with E-state index in [1.54, 1.807) is 0 Å². The van der Waals surface area contributed by atoms with E-state index >= 15 is 0 Å². The van der Waals surface area contributed by atoms with Gasteiger partial charge in [0.05, 0.1) is 0 Å². The molecule has 0 bridgehead atoms. The second-order valence-corrected chi connectivity index (χ2v) is 22.0. The number of hydrogen-bond donors (Lipinski definition) is 0. The van der Waals surface area contributed by atoms with Crippen LogP contribution in [0.4, 0.5) is 0 Å². The van der Waals surface area contributed by atoms with Crippen molar-refractivity contribution >= 4 is 17.9 Å².